The summed E-state index contributed by atoms with van der Waals surface area (Å²) in [6, 6.07) is 2.56. The molecular weight excluding hydrogens is 224 g/mol. The lowest BCUT2D eigenvalue weighted by Crippen LogP contribution is -2.34. The fourth-order valence-corrected chi connectivity index (χ4v) is 2.81. The third-order valence-electron chi connectivity index (χ3n) is 3.91. The van der Waals surface area contributed by atoms with Gasteiger partial charge in [-0.3, -0.25) is 9.69 Å². The number of piperidine rings is 1. The van der Waals surface area contributed by atoms with Crippen molar-refractivity contribution >= 4 is 0 Å². The van der Waals surface area contributed by atoms with E-state index in [-0.39, 0.29) is 5.56 Å². The second-order valence-corrected chi connectivity index (χ2v) is 5.35. The Morgan fingerprint density at radius 3 is 3.00 bits per heavy atom. The van der Waals surface area contributed by atoms with E-state index in [4.69, 9.17) is 0 Å². The summed E-state index contributed by atoms with van der Waals surface area (Å²) in [6.45, 7) is 6.51. The monoisotopic (exact) mass is 248 g/mol. The number of aryl methyl sites for hydroxylation is 1. The van der Waals surface area contributed by atoms with Crippen LogP contribution in [0.3, 0.4) is 0 Å². The molecule has 0 unspecified atom stereocenters. The molecule has 1 aliphatic rings. The fraction of sp³-hybridized carbons (Fsp3) is 0.667. The minimum absolute atomic E-state index is 0.0367. The molecule has 100 valence electrons. The van der Waals surface area contributed by atoms with E-state index in [1.807, 2.05) is 13.1 Å². The molecule has 0 bridgehead atoms. The standard InChI is InChI=1S/C15H24N2O/c1-3-4-8-17-9-6-5-7-14(17)13-10-12(2)15(18)16-11-13/h10-11,14H,3-9H2,1-2H3,(H,16,18)/t14-/m0/s1. The fourth-order valence-electron chi connectivity index (χ4n) is 2.81. The number of nitrogens with zero attached hydrogens (tertiary/aromatic N) is 1. The molecule has 0 spiro atoms. The van der Waals surface area contributed by atoms with Gasteiger partial charge in [0.15, 0.2) is 0 Å². The highest BCUT2D eigenvalue weighted by Gasteiger charge is 2.23. The van der Waals surface area contributed by atoms with Crippen LogP contribution in [0.2, 0.25) is 0 Å². The van der Waals surface area contributed by atoms with Gasteiger partial charge in [-0.05, 0) is 50.9 Å². The van der Waals surface area contributed by atoms with Gasteiger partial charge in [-0.15, -0.1) is 0 Å². The first-order chi connectivity index (χ1) is 8.72. The predicted molar refractivity (Wildman–Crippen MR) is 74.9 cm³/mol. The first-order valence-electron chi connectivity index (χ1n) is 7.15. The second kappa shape index (κ2) is 6.19. The van der Waals surface area contributed by atoms with E-state index in [1.54, 1.807) is 0 Å². The number of hydrogen-bond donors (Lipinski definition) is 1. The summed E-state index contributed by atoms with van der Waals surface area (Å²) in [5.41, 5.74) is 2.14. The van der Waals surface area contributed by atoms with Gasteiger partial charge in [0.2, 0.25) is 0 Å². The largest absolute Gasteiger partial charge is 0.329 e. The zero-order chi connectivity index (χ0) is 13.0. The Morgan fingerprint density at radius 1 is 1.44 bits per heavy atom. The van der Waals surface area contributed by atoms with E-state index < -0.39 is 0 Å². The van der Waals surface area contributed by atoms with Crippen molar-refractivity contribution in [1.82, 2.24) is 9.88 Å². The van der Waals surface area contributed by atoms with E-state index in [1.165, 1.54) is 50.8 Å². The average molecular weight is 248 g/mol. The predicted octanol–water partition coefficient (Wildman–Crippen LogP) is 3.01. The maximum Gasteiger partial charge on any atom is 0.250 e. The van der Waals surface area contributed by atoms with Gasteiger partial charge in [0, 0.05) is 17.8 Å². The van der Waals surface area contributed by atoms with Gasteiger partial charge in [-0.1, -0.05) is 19.8 Å². The van der Waals surface area contributed by atoms with Gasteiger partial charge >= 0.3 is 0 Å². The zero-order valence-corrected chi connectivity index (χ0v) is 11.5. The third kappa shape index (κ3) is 3.02. The van der Waals surface area contributed by atoms with Crippen LogP contribution in [0.4, 0.5) is 0 Å². The molecular formula is C15H24N2O. The summed E-state index contributed by atoms with van der Waals surface area (Å²) in [6.07, 6.45) is 8.24. The Kier molecular flexibility index (Phi) is 4.59. The minimum Gasteiger partial charge on any atom is -0.329 e. The van der Waals surface area contributed by atoms with Crippen molar-refractivity contribution in [2.24, 2.45) is 0 Å². The molecule has 0 aliphatic carbocycles. The van der Waals surface area contributed by atoms with E-state index in [0.717, 1.165) is 5.56 Å². The first-order valence-corrected chi connectivity index (χ1v) is 7.15. The highest BCUT2D eigenvalue weighted by Crippen LogP contribution is 2.30. The van der Waals surface area contributed by atoms with Crippen molar-refractivity contribution in [2.45, 2.75) is 52.0 Å². The van der Waals surface area contributed by atoms with Crippen LogP contribution in [-0.4, -0.2) is 23.0 Å². The highest BCUT2D eigenvalue weighted by molar-refractivity contribution is 5.20. The summed E-state index contributed by atoms with van der Waals surface area (Å²) in [5.74, 6) is 0. The van der Waals surface area contributed by atoms with Gasteiger partial charge in [0.1, 0.15) is 0 Å². The number of nitrogens with one attached hydrogen (secondary N) is 1. The SMILES string of the molecule is CCCCN1CCCC[C@H]1c1c[nH]c(=O)c(C)c1. The second-order valence-electron chi connectivity index (χ2n) is 5.35. The number of likely N-dealkylation sites (tertiary alicyclic amines) is 1. The Labute approximate surface area is 109 Å². The molecule has 1 aromatic rings. The number of unbranched alkanes of at least 4 members (excludes halogenated alkanes) is 1. The molecule has 2 heterocycles. The maximum atomic E-state index is 11.4. The molecule has 0 aromatic carbocycles. The van der Waals surface area contributed by atoms with Crippen molar-refractivity contribution < 1.29 is 0 Å². The van der Waals surface area contributed by atoms with Crippen molar-refractivity contribution in [3.8, 4) is 0 Å². The van der Waals surface area contributed by atoms with Crippen LogP contribution >= 0.6 is 0 Å². The molecule has 0 amide bonds. The Balaban J connectivity index is 2.16. The molecule has 1 aromatic heterocycles. The van der Waals surface area contributed by atoms with Crippen LogP contribution in [0, 0.1) is 6.92 Å². The molecule has 1 N–H and O–H groups in total. The van der Waals surface area contributed by atoms with Gasteiger partial charge in [-0.25, -0.2) is 0 Å². The molecule has 1 fully saturated rings. The Morgan fingerprint density at radius 2 is 2.28 bits per heavy atom. The molecule has 2 rings (SSSR count). The van der Waals surface area contributed by atoms with Crippen LogP contribution in [0.5, 0.6) is 0 Å². The summed E-state index contributed by atoms with van der Waals surface area (Å²) >= 11 is 0. The third-order valence-corrected chi connectivity index (χ3v) is 3.91. The maximum absolute atomic E-state index is 11.4. The lowest BCUT2D eigenvalue weighted by Gasteiger charge is -2.36. The van der Waals surface area contributed by atoms with Gasteiger partial charge in [0.25, 0.3) is 5.56 Å². The molecule has 1 atom stereocenters. The molecule has 3 heteroatoms. The lowest BCUT2D eigenvalue weighted by atomic mass is 9.95. The number of pyridine rings is 1. The van der Waals surface area contributed by atoms with Crippen molar-refractivity contribution in [3.63, 3.8) is 0 Å². The molecule has 1 saturated heterocycles. The van der Waals surface area contributed by atoms with Crippen LogP contribution in [0.1, 0.15) is 56.2 Å². The quantitative estimate of drug-likeness (QED) is 0.889. The van der Waals surface area contributed by atoms with Crippen molar-refractivity contribution in [2.75, 3.05) is 13.1 Å². The lowest BCUT2D eigenvalue weighted by molar-refractivity contribution is 0.146. The van der Waals surface area contributed by atoms with Crippen molar-refractivity contribution in [3.05, 3.63) is 33.7 Å². The summed E-state index contributed by atoms with van der Waals surface area (Å²) in [7, 11) is 0. The molecule has 0 radical (unpaired) electrons. The molecule has 3 nitrogen and oxygen atoms in total. The topological polar surface area (TPSA) is 36.1 Å². The number of rotatable bonds is 4. The van der Waals surface area contributed by atoms with E-state index in [9.17, 15) is 4.79 Å². The minimum atomic E-state index is 0.0367. The van der Waals surface area contributed by atoms with Crippen LogP contribution in [0.25, 0.3) is 0 Å². The number of aromatic amines is 1. The Bertz CT molecular complexity index is 438. The van der Waals surface area contributed by atoms with Crippen LogP contribution in [-0.2, 0) is 0 Å². The number of hydrogen-bond acceptors (Lipinski definition) is 2. The number of H-pyrrole nitrogens is 1. The highest BCUT2D eigenvalue weighted by atomic mass is 16.1. The summed E-state index contributed by atoms with van der Waals surface area (Å²) in [4.78, 5) is 16.9. The molecule has 18 heavy (non-hydrogen) atoms. The molecule has 1 aliphatic heterocycles. The average Bonchev–Trinajstić information content (AvgIpc) is 2.40. The van der Waals surface area contributed by atoms with Crippen LogP contribution < -0.4 is 5.56 Å². The zero-order valence-electron chi connectivity index (χ0n) is 11.5. The van der Waals surface area contributed by atoms with Gasteiger partial charge in [-0.2, -0.15) is 0 Å². The van der Waals surface area contributed by atoms with Gasteiger partial charge < -0.3 is 4.98 Å². The summed E-state index contributed by atoms with van der Waals surface area (Å²) < 4.78 is 0. The molecule has 0 saturated carbocycles. The van der Waals surface area contributed by atoms with Crippen molar-refractivity contribution in [1.29, 1.82) is 0 Å². The summed E-state index contributed by atoms with van der Waals surface area (Å²) in [5, 5.41) is 0. The van der Waals surface area contributed by atoms with Crippen LogP contribution in [0.15, 0.2) is 17.1 Å². The van der Waals surface area contributed by atoms with E-state index >= 15 is 0 Å². The first kappa shape index (κ1) is 13.3. The van der Waals surface area contributed by atoms with E-state index in [2.05, 4.69) is 22.9 Å². The normalized spacial score (nSPS) is 21.1. The smallest absolute Gasteiger partial charge is 0.250 e. The Hall–Kier alpha value is -1.09. The van der Waals surface area contributed by atoms with E-state index in [0.29, 0.717) is 6.04 Å². The number of aromatic nitrogens is 1. The van der Waals surface area contributed by atoms with Gasteiger partial charge in [0.05, 0.1) is 0 Å².